The molecule has 0 aliphatic heterocycles. The van der Waals surface area contributed by atoms with Crippen molar-refractivity contribution in [1.82, 2.24) is 0 Å². The molecule has 108 valence electrons. The highest BCUT2D eigenvalue weighted by atomic mass is 79.9. The Morgan fingerprint density at radius 3 is 2.21 bits per heavy atom. The number of rotatable bonds is 3. The lowest BCUT2D eigenvalue weighted by Gasteiger charge is -2.19. The summed E-state index contributed by atoms with van der Waals surface area (Å²) < 4.78 is 10.4. The quantitative estimate of drug-likeness (QED) is 0.588. The molecule has 0 heterocycles. The molecular formula is C14H21BrO4. The maximum atomic E-state index is 12.1. The van der Waals surface area contributed by atoms with E-state index in [4.69, 9.17) is 4.74 Å². The zero-order valence-corrected chi connectivity index (χ0v) is 13.8. The normalized spacial score (nSPS) is 25.7. The van der Waals surface area contributed by atoms with Gasteiger partial charge in [0, 0.05) is 0 Å². The molecule has 5 heteroatoms. The van der Waals surface area contributed by atoms with Gasteiger partial charge in [0.2, 0.25) is 0 Å². The van der Waals surface area contributed by atoms with Crippen LogP contribution in [0.25, 0.3) is 0 Å². The fourth-order valence-corrected chi connectivity index (χ4v) is 2.57. The second-order valence-electron chi connectivity index (χ2n) is 6.36. The van der Waals surface area contributed by atoms with Crippen LogP contribution in [0.3, 0.4) is 0 Å². The van der Waals surface area contributed by atoms with E-state index >= 15 is 0 Å². The highest BCUT2D eigenvalue weighted by molar-refractivity contribution is 9.12. The molecule has 1 fully saturated rings. The van der Waals surface area contributed by atoms with Gasteiger partial charge in [0.15, 0.2) is 0 Å². The number of methoxy groups -OCH3 is 1. The summed E-state index contributed by atoms with van der Waals surface area (Å²) in [4.78, 5) is 23.4. The summed E-state index contributed by atoms with van der Waals surface area (Å²) in [6.07, 6.45) is 1.74. The lowest BCUT2D eigenvalue weighted by molar-refractivity contribution is -0.157. The summed E-state index contributed by atoms with van der Waals surface area (Å²) in [6.45, 7) is 9.50. The SMILES string of the molecule is COC(=O)/C(Br)=C/[C@H]1[C@@H](C(=O)OC(C)(C)C)C1(C)C. The Balaban J connectivity index is 2.79. The maximum absolute atomic E-state index is 12.1. The second kappa shape index (κ2) is 5.27. The number of hydrogen-bond acceptors (Lipinski definition) is 4. The fourth-order valence-electron chi connectivity index (χ4n) is 2.13. The van der Waals surface area contributed by atoms with E-state index in [1.165, 1.54) is 7.11 Å². The largest absolute Gasteiger partial charge is 0.465 e. The van der Waals surface area contributed by atoms with Crippen molar-refractivity contribution in [3.63, 3.8) is 0 Å². The van der Waals surface area contributed by atoms with Crippen molar-refractivity contribution in [2.75, 3.05) is 7.11 Å². The molecule has 0 saturated heterocycles. The van der Waals surface area contributed by atoms with Crippen molar-refractivity contribution in [3.05, 3.63) is 10.6 Å². The zero-order valence-electron chi connectivity index (χ0n) is 12.2. The Morgan fingerprint density at radius 2 is 1.79 bits per heavy atom. The first kappa shape index (κ1) is 16.2. The monoisotopic (exact) mass is 332 g/mol. The molecule has 0 aromatic heterocycles. The molecule has 0 radical (unpaired) electrons. The molecule has 2 atom stereocenters. The Morgan fingerprint density at radius 1 is 1.26 bits per heavy atom. The molecule has 1 aliphatic rings. The average Bonchev–Trinajstić information content (AvgIpc) is 2.76. The van der Waals surface area contributed by atoms with Gasteiger partial charge in [-0.3, -0.25) is 4.79 Å². The van der Waals surface area contributed by atoms with E-state index < -0.39 is 11.6 Å². The Kier molecular flexibility index (Phi) is 4.50. The third kappa shape index (κ3) is 3.81. The van der Waals surface area contributed by atoms with E-state index in [0.29, 0.717) is 4.48 Å². The van der Waals surface area contributed by atoms with Crippen LogP contribution in [0.1, 0.15) is 34.6 Å². The lowest BCUT2D eigenvalue weighted by atomic mass is 10.1. The Hall–Kier alpha value is -0.840. The number of halogens is 1. The number of ether oxygens (including phenoxy) is 2. The zero-order chi connectivity index (χ0) is 15.0. The van der Waals surface area contributed by atoms with Crippen molar-refractivity contribution in [3.8, 4) is 0 Å². The standard InChI is InChI=1S/C14H21BrO4/c1-13(2,3)19-12(17)10-8(14(10,4)5)7-9(15)11(16)18-6/h7-8,10H,1-6H3/b9-7-/t8-,10-/m0/s1. The van der Waals surface area contributed by atoms with Gasteiger partial charge in [-0.2, -0.15) is 0 Å². The van der Waals surface area contributed by atoms with Crippen LogP contribution in [0.5, 0.6) is 0 Å². The summed E-state index contributed by atoms with van der Waals surface area (Å²) in [5.41, 5.74) is -0.695. The average molecular weight is 333 g/mol. The van der Waals surface area contributed by atoms with Crippen molar-refractivity contribution >= 4 is 27.9 Å². The molecular weight excluding hydrogens is 312 g/mol. The van der Waals surface area contributed by atoms with Crippen LogP contribution in [-0.4, -0.2) is 24.6 Å². The summed E-state index contributed by atoms with van der Waals surface area (Å²) >= 11 is 3.17. The third-order valence-corrected chi connectivity index (χ3v) is 3.87. The number of esters is 2. The first-order valence-corrected chi connectivity index (χ1v) is 6.98. The summed E-state index contributed by atoms with van der Waals surface area (Å²) in [5.74, 6) is -0.894. The molecule has 0 aromatic carbocycles. The summed E-state index contributed by atoms with van der Waals surface area (Å²) in [5, 5.41) is 0. The predicted molar refractivity (Wildman–Crippen MR) is 75.6 cm³/mol. The van der Waals surface area contributed by atoms with Gasteiger partial charge in [0.25, 0.3) is 0 Å². The van der Waals surface area contributed by atoms with Crippen molar-refractivity contribution in [1.29, 1.82) is 0 Å². The first-order chi connectivity index (χ1) is 8.50. The Labute approximate surface area is 122 Å². The molecule has 0 N–H and O–H groups in total. The molecule has 0 unspecified atom stereocenters. The highest BCUT2D eigenvalue weighted by Gasteiger charge is 2.62. The number of carbonyl (C=O) groups excluding carboxylic acids is 2. The van der Waals surface area contributed by atoms with Crippen molar-refractivity contribution in [2.45, 2.75) is 40.2 Å². The topological polar surface area (TPSA) is 52.6 Å². The minimum Gasteiger partial charge on any atom is -0.465 e. The molecule has 0 spiro atoms. The van der Waals surface area contributed by atoms with Gasteiger partial charge in [0.05, 0.1) is 17.5 Å². The van der Waals surface area contributed by atoms with E-state index in [1.54, 1.807) is 6.08 Å². The maximum Gasteiger partial charge on any atom is 0.344 e. The van der Waals surface area contributed by atoms with Gasteiger partial charge in [-0.25, -0.2) is 4.79 Å². The van der Waals surface area contributed by atoms with Crippen LogP contribution in [0.4, 0.5) is 0 Å². The fraction of sp³-hybridized carbons (Fsp3) is 0.714. The van der Waals surface area contributed by atoms with Crippen LogP contribution in [0.15, 0.2) is 10.6 Å². The molecule has 0 bridgehead atoms. The number of allylic oxidation sites excluding steroid dienone is 1. The van der Waals surface area contributed by atoms with Gasteiger partial charge in [-0.15, -0.1) is 0 Å². The van der Waals surface area contributed by atoms with Gasteiger partial charge in [-0.05, 0) is 48.0 Å². The van der Waals surface area contributed by atoms with Crippen molar-refractivity contribution in [2.24, 2.45) is 17.3 Å². The number of hydrogen-bond donors (Lipinski definition) is 0. The van der Waals surface area contributed by atoms with E-state index in [1.807, 2.05) is 34.6 Å². The van der Waals surface area contributed by atoms with Crippen LogP contribution in [0.2, 0.25) is 0 Å². The second-order valence-corrected chi connectivity index (χ2v) is 7.22. The molecule has 1 aliphatic carbocycles. The van der Waals surface area contributed by atoms with Crippen LogP contribution in [0, 0.1) is 17.3 Å². The van der Waals surface area contributed by atoms with Crippen molar-refractivity contribution < 1.29 is 19.1 Å². The van der Waals surface area contributed by atoms with Crippen LogP contribution < -0.4 is 0 Å². The molecule has 0 aromatic rings. The van der Waals surface area contributed by atoms with Gasteiger partial charge in [0.1, 0.15) is 5.60 Å². The van der Waals surface area contributed by atoms with E-state index in [2.05, 4.69) is 20.7 Å². The molecule has 0 amide bonds. The Bertz CT molecular complexity index is 418. The summed E-state index contributed by atoms with van der Waals surface area (Å²) in [7, 11) is 1.32. The predicted octanol–water partition coefficient (Wildman–Crippen LogP) is 3.05. The molecule has 1 rings (SSSR count). The van der Waals surface area contributed by atoms with E-state index in [9.17, 15) is 9.59 Å². The summed E-state index contributed by atoms with van der Waals surface area (Å²) in [6, 6.07) is 0. The third-order valence-electron chi connectivity index (χ3n) is 3.28. The first-order valence-electron chi connectivity index (χ1n) is 6.19. The van der Waals surface area contributed by atoms with Crippen LogP contribution in [-0.2, 0) is 19.1 Å². The van der Waals surface area contributed by atoms with E-state index in [0.717, 1.165) is 0 Å². The molecule has 4 nitrogen and oxygen atoms in total. The highest BCUT2D eigenvalue weighted by Crippen LogP contribution is 2.60. The molecule has 1 saturated carbocycles. The molecule has 19 heavy (non-hydrogen) atoms. The van der Waals surface area contributed by atoms with E-state index in [-0.39, 0.29) is 23.2 Å². The minimum atomic E-state index is -0.496. The van der Waals surface area contributed by atoms with Gasteiger partial charge < -0.3 is 9.47 Å². The lowest BCUT2D eigenvalue weighted by Crippen LogP contribution is -2.26. The number of carbonyl (C=O) groups is 2. The van der Waals surface area contributed by atoms with Gasteiger partial charge >= 0.3 is 11.9 Å². The minimum absolute atomic E-state index is 0.0178. The smallest absolute Gasteiger partial charge is 0.344 e. The van der Waals surface area contributed by atoms with Crippen LogP contribution >= 0.6 is 15.9 Å². The van der Waals surface area contributed by atoms with Gasteiger partial charge in [-0.1, -0.05) is 19.9 Å².